The molecule has 202 valence electrons. The maximum atomic E-state index is 13.8. The van der Waals surface area contributed by atoms with E-state index in [9.17, 15) is 9.59 Å². The molecule has 0 bridgehead atoms. The van der Waals surface area contributed by atoms with Gasteiger partial charge in [-0.1, -0.05) is 18.6 Å². The number of pyridine rings is 1. The Hall–Kier alpha value is -3.46. The Bertz CT molecular complexity index is 1340. The Morgan fingerprint density at radius 2 is 1.87 bits per heavy atom. The zero-order valence-electron chi connectivity index (χ0n) is 22.7. The number of amides is 1. The number of piperidine rings is 2. The van der Waals surface area contributed by atoms with Crippen LogP contribution in [0.4, 0.5) is 5.69 Å². The van der Waals surface area contributed by atoms with E-state index < -0.39 is 0 Å². The minimum atomic E-state index is -0.274. The first-order chi connectivity index (χ1) is 18.4. The largest absolute Gasteiger partial charge is 0.497 e. The summed E-state index contributed by atoms with van der Waals surface area (Å²) in [7, 11) is 1.59. The number of benzene rings is 1. The summed E-state index contributed by atoms with van der Waals surface area (Å²) in [4.78, 5) is 40.9. The molecular formula is C29H38N6O3. The Morgan fingerprint density at radius 3 is 2.58 bits per heavy atom. The average molecular weight is 519 g/mol. The van der Waals surface area contributed by atoms with E-state index in [0.29, 0.717) is 34.2 Å². The molecule has 0 atom stereocenters. The predicted molar refractivity (Wildman–Crippen MR) is 150 cm³/mol. The maximum absolute atomic E-state index is 13.8. The molecule has 38 heavy (non-hydrogen) atoms. The Morgan fingerprint density at radius 1 is 1.11 bits per heavy atom. The third-order valence-electron chi connectivity index (χ3n) is 7.61. The highest BCUT2D eigenvalue weighted by Gasteiger charge is 2.26. The van der Waals surface area contributed by atoms with E-state index >= 15 is 0 Å². The molecule has 1 aromatic carbocycles. The minimum Gasteiger partial charge on any atom is -0.497 e. The van der Waals surface area contributed by atoms with Gasteiger partial charge in [0.05, 0.1) is 24.4 Å². The molecule has 2 saturated heterocycles. The van der Waals surface area contributed by atoms with Crippen molar-refractivity contribution in [3.05, 3.63) is 46.9 Å². The van der Waals surface area contributed by atoms with Crippen LogP contribution in [0.15, 0.2) is 41.3 Å². The second-order valence-corrected chi connectivity index (χ2v) is 10.7. The second kappa shape index (κ2) is 11.5. The van der Waals surface area contributed by atoms with Gasteiger partial charge in [0, 0.05) is 30.7 Å². The van der Waals surface area contributed by atoms with Gasteiger partial charge in [-0.25, -0.2) is 9.97 Å². The van der Waals surface area contributed by atoms with Gasteiger partial charge in [0.25, 0.3) is 5.56 Å². The van der Waals surface area contributed by atoms with Gasteiger partial charge in [-0.05, 0) is 70.8 Å². The van der Waals surface area contributed by atoms with Gasteiger partial charge in [0.2, 0.25) is 5.91 Å². The first-order valence-electron chi connectivity index (χ1n) is 13.8. The topological polar surface area (TPSA) is 92.6 Å². The number of rotatable bonds is 7. The molecule has 0 unspecified atom stereocenters. The molecule has 2 fully saturated rings. The zero-order valence-corrected chi connectivity index (χ0v) is 22.7. The molecule has 2 aromatic heterocycles. The fourth-order valence-electron chi connectivity index (χ4n) is 5.68. The monoisotopic (exact) mass is 518 g/mol. The van der Waals surface area contributed by atoms with Gasteiger partial charge in [-0.2, -0.15) is 0 Å². The number of aromatic nitrogens is 3. The van der Waals surface area contributed by atoms with Crippen molar-refractivity contribution >= 4 is 22.6 Å². The second-order valence-electron chi connectivity index (χ2n) is 10.7. The molecule has 3 aromatic rings. The zero-order chi connectivity index (χ0) is 26.6. The van der Waals surface area contributed by atoms with E-state index in [4.69, 9.17) is 9.72 Å². The lowest BCUT2D eigenvalue weighted by molar-refractivity contribution is -0.122. The van der Waals surface area contributed by atoms with Crippen LogP contribution >= 0.6 is 0 Å². The lowest BCUT2D eigenvalue weighted by atomic mass is 9.99. The van der Waals surface area contributed by atoms with Crippen molar-refractivity contribution < 1.29 is 9.53 Å². The minimum absolute atomic E-state index is 0.0342. The van der Waals surface area contributed by atoms with Crippen LogP contribution < -0.4 is 20.5 Å². The van der Waals surface area contributed by atoms with Crippen molar-refractivity contribution in [3.63, 3.8) is 0 Å². The van der Waals surface area contributed by atoms with Crippen molar-refractivity contribution in [1.29, 1.82) is 0 Å². The molecule has 4 heterocycles. The molecule has 9 heteroatoms. The van der Waals surface area contributed by atoms with Crippen molar-refractivity contribution in [2.24, 2.45) is 0 Å². The first-order valence-corrected chi connectivity index (χ1v) is 13.8. The molecule has 1 N–H and O–H groups in total. The Kier molecular flexibility index (Phi) is 7.93. The van der Waals surface area contributed by atoms with Gasteiger partial charge < -0.3 is 19.9 Å². The predicted octanol–water partition coefficient (Wildman–Crippen LogP) is 3.45. The van der Waals surface area contributed by atoms with Gasteiger partial charge in [0.15, 0.2) is 5.65 Å². The van der Waals surface area contributed by atoms with Crippen LogP contribution in [0.2, 0.25) is 0 Å². The Labute approximate surface area is 223 Å². The molecule has 2 aliphatic heterocycles. The summed E-state index contributed by atoms with van der Waals surface area (Å²) in [6.07, 6.45) is 8.01. The van der Waals surface area contributed by atoms with Crippen LogP contribution in [-0.2, 0) is 11.3 Å². The fourth-order valence-corrected chi connectivity index (χ4v) is 5.68. The fraction of sp³-hybridized carbons (Fsp3) is 0.517. The summed E-state index contributed by atoms with van der Waals surface area (Å²) in [6.45, 7) is 7.97. The molecular weight excluding hydrogens is 480 g/mol. The number of fused-ring (bicyclic) bond motifs is 1. The number of anilines is 1. The summed E-state index contributed by atoms with van der Waals surface area (Å²) >= 11 is 0. The van der Waals surface area contributed by atoms with Crippen LogP contribution in [0.1, 0.15) is 46.0 Å². The number of carbonyl (C=O) groups is 1. The molecule has 5 rings (SSSR count). The lowest BCUT2D eigenvalue weighted by Gasteiger charge is -2.40. The van der Waals surface area contributed by atoms with E-state index in [1.807, 2.05) is 50.4 Å². The molecule has 0 aliphatic carbocycles. The summed E-state index contributed by atoms with van der Waals surface area (Å²) in [5.74, 6) is 0.797. The maximum Gasteiger partial charge on any atom is 0.263 e. The van der Waals surface area contributed by atoms with Crippen LogP contribution in [0.3, 0.4) is 0 Å². The van der Waals surface area contributed by atoms with Crippen molar-refractivity contribution in [2.45, 2.75) is 64.6 Å². The Balaban J connectivity index is 1.47. The number of hydrogen-bond acceptors (Lipinski definition) is 7. The highest BCUT2D eigenvalue weighted by atomic mass is 16.5. The number of ether oxygens (including phenoxy) is 1. The van der Waals surface area contributed by atoms with Crippen LogP contribution in [0, 0.1) is 0 Å². The normalized spacial score (nSPS) is 17.2. The number of hydrogen-bond donors (Lipinski definition) is 1. The van der Waals surface area contributed by atoms with Crippen molar-refractivity contribution in [1.82, 2.24) is 24.8 Å². The smallest absolute Gasteiger partial charge is 0.263 e. The summed E-state index contributed by atoms with van der Waals surface area (Å²) in [6, 6.07) is 9.84. The van der Waals surface area contributed by atoms with Crippen molar-refractivity contribution in [3.8, 4) is 17.1 Å². The number of likely N-dealkylation sites (tertiary alicyclic amines) is 1. The highest BCUT2D eigenvalue weighted by molar-refractivity contribution is 5.82. The van der Waals surface area contributed by atoms with E-state index in [2.05, 4.69) is 20.1 Å². The number of methoxy groups -OCH3 is 1. The molecule has 1 amide bonds. The molecule has 0 saturated carbocycles. The molecule has 0 spiro atoms. The molecule has 2 aliphatic rings. The highest BCUT2D eigenvalue weighted by Crippen LogP contribution is 2.27. The van der Waals surface area contributed by atoms with E-state index in [0.717, 1.165) is 31.6 Å². The summed E-state index contributed by atoms with van der Waals surface area (Å²) < 4.78 is 6.83. The quantitative estimate of drug-likeness (QED) is 0.512. The third kappa shape index (κ3) is 5.67. The van der Waals surface area contributed by atoms with Crippen LogP contribution in [-0.4, -0.2) is 70.7 Å². The van der Waals surface area contributed by atoms with Gasteiger partial charge in [-0.3, -0.25) is 14.2 Å². The van der Waals surface area contributed by atoms with Gasteiger partial charge >= 0.3 is 0 Å². The van der Waals surface area contributed by atoms with Crippen molar-refractivity contribution in [2.75, 3.05) is 38.2 Å². The SMILES string of the molecule is COc1cccc(-c2nc3ncc(N4CCC(N5CCCCC5)CC4)cc3c(=O)n2CC(=O)NC(C)C)c1. The van der Waals surface area contributed by atoms with E-state index in [1.165, 1.54) is 36.9 Å². The average Bonchev–Trinajstić information content (AvgIpc) is 2.94. The third-order valence-corrected chi connectivity index (χ3v) is 7.61. The van der Waals surface area contributed by atoms with E-state index in [-0.39, 0.29) is 24.1 Å². The standard InChI is InChI=1S/C29H38N6O3/c1-20(2)31-26(36)19-35-28(21-8-7-9-24(16-21)38-3)32-27-25(29(35)37)17-23(18-30-27)34-14-10-22(11-15-34)33-12-5-4-6-13-33/h7-9,16-18,20,22H,4-6,10-15,19H2,1-3H3,(H,31,36). The number of nitrogens with one attached hydrogen (secondary N) is 1. The summed E-state index contributed by atoms with van der Waals surface area (Å²) in [5, 5.41) is 3.30. The van der Waals surface area contributed by atoms with Gasteiger partial charge in [0.1, 0.15) is 18.1 Å². The lowest BCUT2D eigenvalue weighted by Crippen LogP contribution is -2.46. The van der Waals surface area contributed by atoms with Crippen LogP contribution in [0.25, 0.3) is 22.4 Å². The molecule has 0 radical (unpaired) electrons. The molecule has 9 nitrogen and oxygen atoms in total. The number of carbonyl (C=O) groups excluding carboxylic acids is 1. The van der Waals surface area contributed by atoms with Crippen LogP contribution in [0.5, 0.6) is 5.75 Å². The van der Waals surface area contributed by atoms with Gasteiger partial charge in [-0.15, -0.1) is 0 Å². The summed E-state index contributed by atoms with van der Waals surface area (Å²) in [5.41, 5.74) is 1.72. The van der Waals surface area contributed by atoms with E-state index in [1.54, 1.807) is 7.11 Å². The number of nitrogens with zero attached hydrogens (tertiary/aromatic N) is 5. The first kappa shape index (κ1) is 26.2.